The predicted molar refractivity (Wildman–Crippen MR) is 82.2 cm³/mol. The van der Waals surface area contributed by atoms with Crippen LogP contribution in [-0.4, -0.2) is 22.5 Å². The quantitative estimate of drug-likeness (QED) is 0.668. The number of carbonyl (C=O) groups excluding carboxylic acids is 1. The van der Waals surface area contributed by atoms with Gasteiger partial charge in [-0.2, -0.15) is 0 Å². The standard InChI is InChI=1S/C15H8Cl2N2O3/c16-9-4-10(17)15-18-14(11(6-20)19(15)5-9)8-1-2-12-13(3-8)22-7-21-12/h1-6H,7H2. The molecule has 7 heteroatoms. The van der Waals surface area contributed by atoms with Gasteiger partial charge in [-0.15, -0.1) is 0 Å². The maximum atomic E-state index is 11.5. The van der Waals surface area contributed by atoms with Crippen molar-refractivity contribution in [1.82, 2.24) is 9.38 Å². The molecule has 3 heterocycles. The zero-order chi connectivity index (χ0) is 15.3. The molecule has 110 valence electrons. The molecule has 0 radical (unpaired) electrons. The van der Waals surface area contributed by atoms with Gasteiger partial charge in [0.2, 0.25) is 6.79 Å². The minimum atomic E-state index is 0.186. The third kappa shape index (κ3) is 1.94. The molecule has 0 saturated carbocycles. The Labute approximate surface area is 135 Å². The summed E-state index contributed by atoms with van der Waals surface area (Å²) >= 11 is 12.2. The van der Waals surface area contributed by atoms with Gasteiger partial charge in [0.05, 0.1) is 10.0 Å². The molecular formula is C15H8Cl2N2O3. The van der Waals surface area contributed by atoms with Crippen molar-refractivity contribution in [3.8, 4) is 22.8 Å². The van der Waals surface area contributed by atoms with E-state index in [1.807, 2.05) is 6.07 Å². The number of imidazole rings is 1. The van der Waals surface area contributed by atoms with Gasteiger partial charge in [-0.1, -0.05) is 23.2 Å². The van der Waals surface area contributed by atoms with Crippen molar-refractivity contribution in [3.63, 3.8) is 0 Å². The lowest BCUT2D eigenvalue weighted by Gasteiger charge is -2.01. The first-order valence-corrected chi connectivity index (χ1v) is 7.15. The van der Waals surface area contributed by atoms with E-state index >= 15 is 0 Å². The van der Waals surface area contributed by atoms with Crippen LogP contribution in [0.15, 0.2) is 30.5 Å². The maximum Gasteiger partial charge on any atom is 0.231 e. The molecule has 0 unspecified atom stereocenters. The zero-order valence-electron chi connectivity index (χ0n) is 11.0. The van der Waals surface area contributed by atoms with Gasteiger partial charge >= 0.3 is 0 Å². The van der Waals surface area contributed by atoms with Gasteiger partial charge in [0.25, 0.3) is 0 Å². The first kappa shape index (κ1) is 13.4. The third-order valence-electron chi connectivity index (χ3n) is 3.44. The molecule has 0 atom stereocenters. The van der Waals surface area contributed by atoms with Crippen LogP contribution in [0.25, 0.3) is 16.9 Å². The Bertz CT molecular complexity index is 921. The third-order valence-corrected chi connectivity index (χ3v) is 3.92. The fourth-order valence-electron chi connectivity index (χ4n) is 2.46. The van der Waals surface area contributed by atoms with E-state index in [2.05, 4.69) is 4.98 Å². The van der Waals surface area contributed by atoms with Crippen molar-refractivity contribution in [2.75, 3.05) is 6.79 Å². The largest absolute Gasteiger partial charge is 0.454 e. The number of halogens is 2. The molecule has 5 nitrogen and oxygen atoms in total. The summed E-state index contributed by atoms with van der Waals surface area (Å²) in [5.41, 5.74) is 2.10. The monoisotopic (exact) mass is 334 g/mol. The van der Waals surface area contributed by atoms with Crippen LogP contribution in [0.5, 0.6) is 11.5 Å². The summed E-state index contributed by atoms with van der Waals surface area (Å²) in [5.74, 6) is 1.29. The average molecular weight is 335 g/mol. The first-order chi connectivity index (χ1) is 10.7. The van der Waals surface area contributed by atoms with Crippen LogP contribution in [0.3, 0.4) is 0 Å². The van der Waals surface area contributed by atoms with Gasteiger partial charge in [0.15, 0.2) is 23.4 Å². The van der Waals surface area contributed by atoms with Crippen LogP contribution in [0, 0.1) is 0 Å². The first-order valence-electron chi connectivity index (χ1n) is 6.39. The van der Waals surface area contributed by atoms with E-state index in [9.17, 15) is 4.79 Å². The number of hydrogen-bond donors (Lipinski definition) is 0. The highest BCUT2D eigenvalue weighted by Gasteiger charge is 2.19. The summed E-state index contributed by atoms with van der Waals surface area (Å²) in [6.07, 6.45) is 2.34. The van der Waals surface area contributed by atoms with Crippen LogP contribution in [0.2, 0.25) is 10.0 Å². The van der Waals surface area contributed by atoms with Gasteiger partial charge in [0.1, 0.15) is 11.4 Å². The molecular weight excluding hydrogens is 327 g/mol. The molecule has 0 saturated heterocycles. The second kappa shape index (κ2) is 4.90. The van der Waals surface area contributed by atoms with Crippen molar-refractivity contribution in [1.29, 1.82) is 0 Å². The van der Waals surface area contributed by atoms with E-state index in [-0.39, 0.29) is 6.79 Å². The number of fused-ring (bicyclic) bond motifs is 2. The lowest BCUT2D eigenvalue weighted by molar-refractivity contribution is 0.111. The fraction of sp³-hybridized carbons (Fsp3) is 0.0667. The highest BCUT2D eigenvalue weighted by molar-refractivity contribution is 6.36. The second-order valence-corrected chi connectivity index (χ2v) is 5.58. The summed E-state index contributed by atoms with van der Waals surface area (Å²) in [4.78, 5) is 16.0. The highest BCUT2D eigenvalue weighted by atomic mass is 35.5. The maximum absolute atomic E-state index is 11.5. The van der Waals surface area contributed by atoms with E-state index in [0.717, 1.165) is 11.8 Å². The van der Waals surface area contributed by atoms with Crippen LogP contribution >= 0.6 is 23.2 Å². The molecule has 0 aliphatic carbocycles. The highest BCUT2D eigenvalue weighted by Crippen LogP contribution is 2.37. The van der Waals surface area contributed by atoms with E-state index in [4.69, 9.17) is 32.7 Å². The summed E-state index contributed by atoms with van der Waals surface area (Å²) < 4.78 is 12.2. The number of aromatic nitrogens is 2. The van der Waals surface area contributed by atoms with Crippen molar-refractivity contribution in [2.45, 2.75) is 0 Å². The predicted octanol–water partition coefficient (Wildman–Crippen LogP) is 3.85. The summed E-state index contributed by atoms with van der Waals surface area (Å²) in [7, 11) is 0. The molecule has 0 amide bonds. The van der Waals surface area contributed by atoms with Crippen LogP contribution in [-0.2, 0) is 0 Å². The lowest BCUT2D eigenvalue weighted by Crippen LogP contribution is -1.93. The normalized spacial score (nSPS) is 12.8. The number of aldehydes is 1. The molecule has 0 fully saturated rings. The Morgan fingerprint density at radius 1 is 1.18 bits per heavy atom. The van der Waals surface area contributed by atoms with Gasteiger partial charge in [-0.25, -0.2) is 4.98 Å². The SMILES string of the molecule is O=Cc1c(-c2ccc3c(c2)OCO3)nc2c(Cl)cc(Cl)cn12. The van der Waals surface area contributed by atoms with E-state index in [1.165, 1.54) is 0 Å². The summed E-state index contributed by atoms with van der Waals surface area (Å²) in [6.45, 7) is 0.186. The number of nitrogens with zero attached hydrogens (tertiary/aromatic N) is 2. The lowest BCUT2D eigenvalue weighted by atomic mass is 10.1. The molecule has 1 aliphatic heterocycles. The molecule has 0 N–H and O–H groups in total. The Hall–Kier alpha value is -2.24. The molecule has 1 aromatic carbocycles. The average Bonchev–Trinajstić information content (AvgIpc) is 3.09. The molecule has 2 aromatic heterocycles. The van der Waals surface area contributed by atoms with Gasteiger partial charge in [-0.05, 0) is 24.3 Å². The second-order valence-electron chi connectivity index (χ2n) is 4.73. The summed E-state index contributed by atoms with van der Waals surface area (Å²) in [6, 6.07) is 6.97. The van der Waals surface area contributed by atoms with Gasteiger partial charge in [0, 0.05) is 11.8 Å². The van der Waals surface area contributed by atoms with E-state index < -0.39 is 0 Å². The number of ether oxygens (including phenoxy) is 2. The van der Waals surface area contributed by atoms with Gasteiger partial charge < -0.3 is 9.47 Å². The molecule has 3 aromatic rings. The number of pyridine rings is 1. The van der Waals surface area contributed by atoms with Crippen molar-refractivity contribution in [2.24, 2.45) is 0 Å². The summed E-state index contributed by atoms with van der Waals surface area (Å²) in [5, 5.41) is 0.804. The zero-order valence-corrected chi connectivity index (χ0v) is 12.6. The Morgan fingerprint density at radius 3 is 2.82 bits per heavy atom. The van der Waals surface area contributed by atoms with Crippen LogP contribution in [0.1, 0.15) is 10.5 Å². The molecule has 4 rings (SSSR count). The number of carbonyl (C=O) groups is 1. The van der Waals surface area contributed by atoms with Crippen molar-refractivity contribution < 1.29 is 14.3 Å². The number of hydrogen-bond acceptors (Lipinski definition) is 4. The smallest absolute Gasteiger partial charge is 0.231 e. The fourth-order valence-corrected chi connectivity index (χ4v) is 2.97. The Morgan fingerprint density at radius 2 is 2.00 bits per heavy atom. The van der Waals surface area contributed by atoms with E-state index in [0.29, 0.717) is 38.6 Å². The van der Waals surface area contributed by atoms with Crippen LogP contribution < -0.4 is 9.47 Å². The molecule has 22 heavy (non-hydrogen) atoms. The van der Waals surface area contributed by atoms with E-state index in [1.54, 1.807) is 28.8 Å². The minimum absolute atomic E-state index is 0.186. The van der Waals surface area contributed by atoms with Gasteiger partial charge in [-0.3, -0.25) is 9.20 Å². The van der Waals surface area contributed by atoms with Crippen molar-refractivity contribution in [3.05, 3.63) is 46.2 Å². The topological polar surface area (TPSA) is 52.8 Å². The van der Waals surface area contributed by atoms with Crippen LogP contribution in [0.4, 0.5) is 0 Å². The Kier molecular flexibility index (Phi) is 2.99. The Balaban J connectivity index is 1.98. The van der Waals surface area contributed by atoms with Crippen molar-refractivity contribution >= 4 is 35.1 Å². The number of rotatable bonds is 2. The molecule has 1 aliphatic rings. The minimum Gasteiger partial charge on any atom is -0.454 e. The molecule has 0 spiro atoms. The number of benzene rings is 1. The molecule has 0 bridgehead atoms.